The minimum Gasteiger partial charge on any atom is -0.341 e. The van der Waals surface area contributed by atoms with Crippen LogP contribution in [0.15, 0.2) is 53.5 Å². The highest BCUT2D eigenvalue weighted by Gasteiger charge is 2.29. The SMILES string of the molecule is CCC(=O)N1CCC[C@H](n2c(=O)c(-c3ccccc3Cl)c(C)c3cnc(Nc4ccc(C5CCNCC5)c(C)c4)nc32)C1. The molecule has 2 fully saturated rings. The molecule has 2 saturated heterocycles. The van der Waals surface area contributed by atoms with Crippen LogP contribution in [-0.4, -0.2) is 51.5 Å². The molecule has 4 aromatic rings. The summed E-state index contributed by atoms with van der Waals surface area (Å²) in [6.07, 6.45) is 6.13. The monoisotopic (exact) mass is 598 g/mol. The summed E-state index contributed by atoms with van der Waals surface area (Å²) in [4.78, 5) is 38.6. The second-order valence-electron chi connectivity index (χ2n) is 11.8. The van der Waals surface area contributed by atoms with Gasteiger partial charge in [0.15, 0.2) is 0 Å². The van der Waals surface area contributed by atoms with Crippen LogP contribution in [-0.2, 0) is 4.79 Å². The molecule has 43 heavy (non-hydrogen) atoms. The van der Waals surface area contributed by atoms with Crippen molar-refractivity contribution < 1.29 is 4.79 Å². The zero-order valence-electron chi connectivity index (χ0n) is 25.1. The average Bonchev–Trinajstić information content (AvgIpc) is 3.02. The van der Waals surface area contributed by atoms with Crippen LogP contribution in [0.2, 0.25) is 5.02 Å². The summed E-state index contributed by atoms with van der Waals surface area (Å²) in [5, 5.41) is 8.14. The van der Waals surface area contributed by atoms with Gasteiger partial charge >= 0.3 is 0 Å². The molecule has 2 aliphatic heterocycles. The molecule has 8 nitrogen and oxygen atoms in total. The number of anilines is 2. The van der Waals surface area contributed by atoms with E-state index in [4.69, 9.17) is 21.6 Å². The fourth-order valence-corrected chi connectivity index (χ4v) is 7.03. The first-order valence-electron chi connectivity index (χ1n) is 15.4. The molecule has 0 saturated carbocycles. The number of hydrogen-bond donors (Lipinski definition) is 2. The van der Waals surface area contributed by atoms with E-state index in [0.717, 1.165) is 55.4 Å². The molecule has 0 bridgehead atoms. The lowest BCUT2D eigenvalue weighted by Crippen LogP contribution is -2.43. The van der Waals surface area contributed by atoms with Crippen LogP contribution in [0.5, 0.6) is 0 Å². The molecule has 0 spiro atoms. The molecule has 0 radical (unpaired) electrons. The second-order valence-corrected chi connectivity index (χ2v) is 12.2. The van der Waals surface area contributed by atoms with Gasteiger partial charge in [-0.3, -0.25) is 14.2 Å². The van der Waals surface area contributed by atoms with Crippen LogP contribution >= 0.6 is 11.6 Å². The summed E-state index contributed by atoms with van der Waals surface area (Å²) in [5.41, 5.74) is 5.98. The van der Waals surface area contributed by atoms with Gasteiger partial charge < -0.3 is 15.5 Å². The fraction of sp³-hybridized carbons (Fsp3) is 0.412. The number of piperidine rings is 2. The van der Waals surface area contributed by atoms with Crippen molar-refractivity contribution in [2.24, 2.45) is 0 Å². The molecule has 2 aliphatic rings. The Bertz CT molecular complexity index is 1730. The van der Waals surface area contributed by atoms with Crippen molar-refractivity contribution in [1.29, 1.82) is 0 Å². The van der Waals surface area contributed by atoms with Gasteiger partial charge in [0.05, 0.1) is 11.6 Å². The number of amides is 1. The Labute approximate surface area is 257 Å². The van der Waals surface area contributed by atoms with E-state index >= 15 is 0 Å². The molecular weight excluding hydrogens is 560 g/mol. The smallest absolute Gasteiger partial charge is 0.260 e. The van der Waals surface area contributed by atoms with Gasteiger partial charge in [-0.1, -0.05) is 42.8 Å². The van der Waals surface area contributed by atoms with Crippen molar-refractivity contribution >= 4 is 40.2 Å². The topological polar surface area (TPSA) is 92.2 Å². The van der Waals surface area contributed by atoms with E-state index in [0.29, 0.717) is 53.2 Å². The molecule has 0 aliphatic carbocycles. The average molecular weight is 599 g/mol. The van der Waals surface area contributed by atoms with Crippen LogP contribution in [0.1, 0.15) is 67.7 Å². The van der Waals surface area contributed by atoms with Gasteiger partial charge in [0.1, 0.15) is 5.65 Å². The van der Waals surface area contributed by atoms with Crippen LogP contribution in [0.4, 0.5) is 11.6 Å². The van der Waals surface area contributed by atoms with Crippen molar-refractivity contribution in [2.75, 3.05) is 31.5 Å². The molecule has 1 amide bonds. The first-order chi connectivity index (χ1) is 20.9. The minimum absolute atomic E-state index is 0.0979. The van der Waals surface area contributed by atoms with E-state index in [1.165, 1.54) is 11.1 Å². The highest BCUT2D eigenvalue weighted by Crippen LogP contribution is 2.34. The Morgan fingerprint density at radius 1 is 1.12 bits per heavy atom. The Morgan fingerprint density at radius 3 is 2.65 bits per heavy atom. The van der Waals surface area contributed by atoms with E-state index in [1.807, 2.05) is 36.9 Å². The van der Waals surface area contributed by atoms with E-state index in [2.05, 4.69) is 35.8 Å². The van der Waals surface area contributed by atoms with E-state index in [9.17, 15) is 9.59 Å². The standard InChI is InChI=1S/C34H39ClN6O2/c1-4-30(42)40-17-7-8-25(20-40)41-32-28(22(3)31(33(41)43)27-9-5-6-10-29(27)35)19-37-34(39-32)38-24-11-12-26(21(2)18-24)23-13-15-36-16-14-23/h5-6,9-12,18-19,23,25,36H,4,7-8,13-17,20H2,1-3H3,(H,37,38,39)/t25-/m0/s1. The summed E-state index contributed by atoms with van der Waals surface area (Å²) in [5.74, 6) is 1.10. The number of aryl methyl sites for hydroxylation is 2. The lowest BCUT2D eigenvalue weighted by atomic mass is 9.87. The third-order valence-corrected chi connectivity index (χ3v) is 9.40. The van der Waals surface area contributed by atoms with E-state index < -0.39 is 0 Å². The quantitative estimate of drug-likeness (QED) is 0.263. The molecule has 9 heteroatoms. The summed E-state index contributed by atoms with van der Waals surface area (Å²) in [6.45, 7) is 9.25. The molecule has 2 N–H and O–H groups in total. The number of carbonyl (C=O) groups is 1. The molecule has 224 valence electrons. The third kappa shape index (κ3) is 5.78. The van der Waals surface area contributed by atoms with E-state index in [1.54, 1.807) is 16.8 Å². The highest BCUT2D eigenvalue weighted by atomic mass is 35.5. The third-order valence-electron chi connectivity index (χ3n) is 9.07. The Balaban J connectivity index is 1.44. The number of pyridine rings is 1. The summed E-state index contributed by atoms with van der Waals surface area (Å²) < 4.78 is 1.79. The van der Waals surface area contributed by atoms with Crippen molar-refractivity contribution in [2.45, 2.75) is 64.8 Å². The van der Waals surface area contributed by atoms with Gasteiger partial charge in [-0.2, -0.15) is 4.98 Å². The molecule has 4 heterocycles. The van der Waals surface area contributed by atoms with Gasteiger partial charge in [0, 0.05) is 47.4 Å². The first-order valence-corrected chi connectivity index (χ1v) is 15.8. The van der Waals surface area contributed by atoms with Crippen molar-refractivity contribution in [3.05, 3.63) is 80.7 Å². The zero-order valence-corrected chi connectivity index (χ0v) is 25.9. The van der Waals surface area contributed by atoms with Crippen LogP contribution in [0.3, 0.4) is 0 Å². The molecule has 6 rings (SSSR count). The maximum absolute atomic E-state index is 14.4. The number of halogens is 1. The number of fused-ring (bicyclic) bond motifs is 1. The van der Waals surface area contributed by atoms with Crippen molar-refractivity contribution in [3.63, 3.8) is 0 Å². The summed E-state index contributed by atoms with van der Waals surface area (Å²) in [7, 11) is 0. The van der Waals surface area contributed by atoms with Gasteiger partial charge in [-0.05, 0) is 93.4 Å². The maximum Gasteiger partial charge on any atom is 0.260 e. The first kappa shape index (κ1) is 29.3. The summed E-state index contributed by atoms with van der Waals surface area (Å²) in [6, 6.07) is 13.7. The van der Waals surface area contributed by atoms with Crippen LogP contribution in [0, 0.1) is 13.8 Å². The lowest BCUT2D eigenvalue weighted by molar-refractivity contribution is -0.132. The predicted octanol–water partition coefficient (Wildman–Crippen LogP) is 6.51. The Morgan fingerprint density at radius 2 is 1.91 bits per heavy atom. The molecule has 1 atom stereocenters. The van der Waals surface area contributed by atoms with Gasteiger partial charge in [-0.15, -0.1) is 0 Å². The largest absolute Gasteiger partial charge is 0.341 e. The van der Waals surface area contributed by atoms with Crippen molar-refractivity contribution in [1.82, 2.24) is 24.8 Å². The Kier molecular flexibility index (Phi) is 8.50. The molecule has 2 aromatic heterocycles. The second kappa shape index (κ2) is 12.5. The number of nitrogens with one attached hydrogen (secondary N) is 2. The van der Waals surface area contributed by atoms with Gasteiger partial charge in [0.2, 0.25) is 11.9 Å². The zero-order chi connectivity index (χ0) is 30.1. The van der Waals surface area contributed by atoms with Crippen molar-refractivity contribution in [3.8, 4) is 11.1 Å². The van der Waals surface area contributed by atoms with Gasteiger partial charge in [0.25, 0.3) is 5.56 Å². The number of hydrogen-bond acceptors (Lipinski definition) is 6. The number of benzene rings is 2. The lowest BCUT2D eigenvalue weighted by Gasteiger charge is -2.34. The van der Waals surface area contributed by atoms with Gasteiger partial charge in [-0.25, -0.2) is 4.98 Å². The Hall–Kier alpha value is -3.75. The van der Waals surface area contributed by atoms with Crippen LogP contribution < -0.4 is 16.2 Å². The number of likely N-dealkylation sites (tertiary alicyclic amines) is 1. The van der Waals surface area contributed by atoms with Crippen LogP contribution in [0.25, 0.3) is 22.2 Å². The fourth-order valence-electron chi connectivity index (χ4n) is 6.80. The highest BCUT2D eigenvalue weighted by molar-refractivity contribution is 6.33. The number of nitrogens with zero attached hydrogens (tertiary/aromatic N) is 4. The minimum atomic E-state index is -0.213. The predicted molar refractivity (Wildman–Crippen MR) is 173 cm³/mol. The molecule has 0 unspecified atom stereocenters. The molecule has 2 aromatic carbocycles. The summed E-state index contributed by atoms with van der Waals surface area (Å²) >= 11 is 6.62. The number of rotatable bonds is 6. The number of carbonyl (C=O) groups excluding carboxylic acids is 1. The maximum atomic E-state index is 14.4. The molecular formula is C34H39ClN6O2. The number of aromatic nitrogens is 3. The normalized spacial score (nSPS) is 17.8. The van der Waals surface area contributed by atoms with E-state index in [-0.39, 0.29) is 17.5 Å².